The van der Waals surface area contributed by atoms with Gasteiger partial charge in [0.15, 0.2) is 0 Å². The molecule has 10 heteroatoms. The molecule has 2 bridgehead atoms. The molecule has 1 aromatic heterocycles. The Morgan fingerprint density at radius 2 is 1.93 bits per heavy atom. The first kappa shape index (κ1) is 29.4. The molecule has 2 aliphatic heterocycles. The number of anilines is 3. The molecule has 3 heterocycles. The molecule has 2 saturated heterocycles. The summed E-state index contributed by atoms with van der Waals surface area (Å²) in [6, 6.07) is 8.14. The Labute approximate surface area is 262 Å². The highest BCUT2D eigenvalue weighted by molar-refractivity contribution is 6.31. The molecule has 232 valence electrons. The van der Waals surface area contributed by atoms with E-state index in [0.717, 1.165) is 45.6 Å². The predicted octanol–water partition coefficient (Wildman–Crippen LogP) is 6.98. The number of carbonyl (C=O) groups is 1. The standard InChI is InChI=1S/C34H39ClFN5O3/c1-41-11-9-34(10-12-41)16-24(17-34)44-31-15-29-26(33(38-20-37-29)39-23-7-8-28(36)27(35)13-23)14-30(31)40-32(42)4-2-3-25-21-5-6-22(25)19-43-18-21/h2,4,7-8,13-15,20-22,24-25H,3,5-6,9-12,16-19H2,1H3,(H,40,42)(H,37,38,39). The largest absolute Gasteiger partial charge is 0.488 e. The van der Waals surface area contributed by atoms with Crippen molar-refractivity contribution in [2.75, 3.05) is 44.0 Å². The van der Waals surface area contributed by atoms with Crippen molar-refractivity contribution < 1.29 is 18.7 Å². The molecular formula is C34H39ClFN5O3. The number of fused-ring (bicyclic) bond motifs is 3. The Morgan fingerprint density at radius 1 is 1.16 bits per heavy atom. The van der Waals surface area contributed by atoms with E-state index in [1.807, 2.05) is 18.2 Å². The van der Waals surface area contributed by atoms with Gasteiger partial charge in [-0.1, -0.05) is 17.7 Å². The molecule has 1 spiro atoms. The Morgan fingerprint density at radius 3 is 2.68 bits per heavy atom. The molecule has 2 aromatic carbocycles. The van der Waals surface area contributed by atoms with Gasteiger partial charge in [0.05, 0.1) is 22.3 Å². The first-order chi connectivity index (χ1) is 21.3. The summed E-state index contributed by atoms with van der Waals surface area (Å²) >= 11 is 6.01. The Balaban J connectivity index is 1.12. The molecule has 7 rings (SSSR count). The lowest BCUT2D eigenvalue weighted by Crippen LogP contribution is -2.50. The fraction of sp³-hybridized carbons (Fsp3) is 0.500. The predicted molar refractivity (Wildman–Crippen MR) is 170 cm³/mol. The van der Waals surface area contributed by atoms with Gasteiger partial charge in [-0.2, -0.15) is 0 Å². The minimum atomic E-state index is -0.493. The average Bonchev–Trinajstić information content (AvgIpc) is 3.20. The van der Waals surface area contributed by atoms with Crippen LogP contribution in [0.25, 0.3) is 10.9 Å². The molecule has 3 aromatic rings. The van der Waals surface area contributed by atoms with Gasteiger partial charge in [-0.05, 0) is 119 Å². The molecule has 2 saturated carbocycles. The van der Waals surface area contributed by atoms with Gasteiger partial charge in [-0.3, -0.25) is 4.79 Å². The second-order valence-corrected chi connectivity index (χ2v) is 13.6. The molecule has 44 heavy (non-hydrogen) atoms. The van der Waals surface area contributed by atoms with Crippen LogP contribution in [0.15, 0.2) is 48.8 Å². The second-order valence-electron chi connectivity index (χ2n) is 13.2. The van der Waals surface area contributed by atoms with Crippen molar-refractivity contribution in [3.05, 3.63) is 59.7 Å². The van der Waals surface area contributed by atoms with E-state index in [9.17, 15) is 9.18 Å². The molecule has 2 N–H and O–H groups in total. The molecule has 8 nitrogen and oxygen atoms in total. The maximum absolute atomic E-state index is 13.8. The minimum Gasteiger partial charge on any atom is -0.488 e. The van der Waals surface area contributed by atoms with Crippen LogP contribution in [0.3, 0.4) is 0 Å². The first-order valence-corrected chi connectivity index (χ1v) is 16.1. The van der Waals surface area contributed by atoms with E-state index in [-0.39, 0.29) is 17.0 Å². The van der Waals surface area contributed by atoms with Gasteiger partial charge in [0.2, 0.25) is 5.91 Å². The number of rotatable bonds is 8. The highest BCUT2D eigenvalue weighted by atomic mass is 35.5. The summed E-state index contributed by atoms with van der Waals surface area (Å²) < 4.78 is 26.1. The lowest BCUT2D eigenvalue weighted by molar-refractivity contribution is -0.112. The smallest absolute Gasteiger partial charge is 0.248 e. The lowest BCUT2D eigenvalue weighted by Gasteiger charge is -2.51. The first-order valence-electron chi connectivity index (χ1n) is 15.8. The van der Waals surface area contributed by atoms with Gasteiger partial charge in [-0.15, -0.1) is 0 Å². The number of aromatic nitrogens is 2. The van der Waals surface area contributed by atoms with Crippen LogP contribution in [-0.4, -0.2) is 60.2 Å². The third-order valence-electron chi connectivity index (χ3n) is 10.3. The number of likely N-dealkylation sites (tertiary alicyclic amines) is 1. The van der Waals surface area contributed by atoms with Crippen LogP contribution in [0.4, 0.5) is 21.6 Å². The van der Waals surface area contributed by atoms with Crippen molar-refractivity contribution in [1.29, 1.82) is 0 Å². The van der Waals surface area contributed by atoms with Crippen LogP contribution in [0.5, 0.6) is 5.75 Å². The van der Waals surface area contributed by atoms with Crippen LogP contribution >= 0.6 is 11.6 Å². The van der Waals surface area contributed by atoms with Crippen molar-refractivity contribution in [2.24, 2.45) is 23.2 Å². The number of allylic oxidation sites excluding steroid dienone is 1. The topological polar surface area (TPSA) is 88.6 Å². The summed E-state index contributed by atoms with van der Waals surface area (Å²) in [5.74, 6) is 2.20. The molecule has 2 atom stereocenters. The highest BCUT2D eigenvalue weighted by Crippen LogP contribution is 2.51. The van der Waals surface area contributed by atoms with Gasteiger partial charge in [0.25, 0.3) is 0 Å². The van der Waals surface area contributed by atoms with E-state index < -0.39 is 5.82 Å². The van der Waals surface area contributed by atoms with Gasteiger partial charge < -0.3 is 25.0 Å². The number of halogens is 2. The minimum absolute atomic E-state index is 0.0143. The van der Waals surface area contributed by atoms with Crippen molar-refractivity contribution in [1.82, 2.24) is 14.9 Å². The van der Waals surface area contributed by atoms with Crippen molar-refractivity contribution in [3.63, 3.8) is 0 Å². The summed E-state index contributed by atoms with van der Waals surface area (Å²) in [5.41, 5.74) is 2.18. The summed E-state index contributed by atoms with van der Waals surface area (Å²) in [4.78, 5) is 24.6. The second kappa shape index (κ2) is 12.3. The highest BCUT2D eigenvalue weighted by Gasteiger charge is 2.47. The van der Waals surface area contributed by atoms with E-state index in [0.29, 0.717) is 57.0 Å². The number of ether oxygens (including phenoxy) is 2. The summed E-state index contributed by atoms with van der Waals surface area (Å²) in [6.45, 7) is 3.91. The molecule has 2 aliphatic carbocycles. The lowest BCUT2D eigenvalue weighted by atomic mass is 9.61. The third-order valence-corrected chi connectivity index (χ3v) is 10.6. The van der Waals surface area contributed by atoms with Crippen LogP contribution in [0.1, 0.15) is 44.9 Å². The molecule has 0 radical (unpaired) electrons. The Kier molecular flexibility index (Phi) is 8.20. The van der Waals surface area contributed by atoms with E-state index in [1.54, 1.807) is 12.1 Å². The zero-order chi connectivity index (χ0) is 30.3. The number of hydrogen-bond acceptors (Lipinski definition) is 7. The normalized spacial score (nSPS) is 24.9. The summed E-state index contributed by atoms with van der Waals surface area (Å²) in [6.07, 6.45) is 12.9. The molecule has 2 unspecified atom stereocenters. The van der Waals surface area contributed by atoms with E-state index >= 15 is 0 Å². The number of nitrogens with one attached hydrogen (secondary N) is 2. The van der Waals surface area contributed by atoms with Crippen molar-refractivity contribution >= 4 is 45.6 Å². The number of amides is 1. The monoisotopic (exact) mass is 619 g/mol. The SMILES string of the molecule is CN1CCC2(CC1)CC(Oc1cc3ncnc(Nc4ccc(F)c(Cl)c4)c3cc1NC(=O)C=CCC1C3CCC1COC3)C2. The van der Waals surface area contributed by atoms with Crippen LogP contribution < -0.4 is 15.4 Å². The van der Waals surface area contributed by atoms with Crippen LogP contribution in [0.2, 0.25) is 5.02 Å². The summed E-state index contributed by atoms with van der Waals surface area (Å²) in [5, 5.41) is 7.01. The zero-order valence-electron chi connectivity index (χ0n) is 25.0. The number of nitrogens with zero attached hydrogens (tertiary/aromatic N) is 3. The van der Waals surface area contributed by atoms with Crippen LogP contribution in [0, 0.1) is 29.0 Å². The molecule has 1 amide bonds. The third kappa shape index (κ3) is 6.14. The maximum atomic E-state index is 13.8. The fourth-order valence-electron chi connectivity index (χ4n) is 7.68. The van der Waals surface area contributed by atoms with Crippen molar-refractivity contribution in [2.45, 2.75) is 51.0 Å². The Bertz CT molecular complexity index is 1550. The fourth-order valence-corrected chi connectivity index (χ4v) is 7.86. The number of benzene rings is 2. The van der Waals surface area contributed by atoms with Crippen LogP contribution in [-0.2, 0) is 9.53 Å². The van der Waals surface area contributed by atoms with E-state index in [2.05, 4.69) is 32.5 Å². The zero-order valence-corrected chi connectivity index (χ0v) is 25.8. The maximum Gasteiger partial charge on any atom is 0.248 e. The van der Waals surface area contributed by atoms with Gasteiger partial charge in [0.1, 0.15) is 23.7 Å². The quantitative estimate of drug-likeness (QED) is 0.263. The van der Waals surface area contributed by atoms with E-state index in [1.165, 1.54) is 44.1 Å². The molecule has 4 fully saturated rings. The average molecular weight is 620 g/mol. The number of piperidine rings is 1. The molecular weight excluding hydrogens is 581 g/mol. The number of hydrogen-bond donors (Lipinski definition) is 2. The van der Waals surface area contributed by atoms with E-state index in [4.69, 9.17) is 21.1 Å². The molecule has 4 aliphatic rings. The van der Waals surface area contributed by atoms with Gasteiger partial charge in [0, 0.05) is 30.4 Å². The van der Waals surface area contributed by atoms with Crippen molar-refractivity contribution in [3.8, 4) is 5.75 Å². The Hall–Kier alpha value is -3.27. The number of carbonyl (C=O) groups excluding carboxylic acids is 1. The summed E-state index contributed by atoms with van der Waals surface area (Å²) in [7, 11) is 2.18. The van der Waals surface area contributed by atoms with Gasteiger partial charge in [-0.25, -0.2) is 14.4 Å². The van der Waals surface area contributed by atoms with Gasteiger partial charge >= 0.3 is 0 Å².